The third-order valence-electron chi connectivity index (χ3n) is 6.14. The molecule has 3 unspecified atom stereocenters. The summed E-state index contributed by atoms with van der Waals surface area (Å²) in [4.78, 5) is 2.71. The van der Waals surface area contributed by atoms with Crippen molar-refractivity contribution in [2.24, 2.45) is 11.8 Å². The third kappa shape index (κ3) is 2.64. The van der Waals surface area contributed by atoms with Gasteiger partial charge in [0.15, 0.2) is 0 Å². The first-order valence-electron chi connectivity index (χ1n) is 8.81. The molecule has 1 N–H and O–H groups in total. The monoisotopic (exact) mass is 284 g/mol. The second-order valence-corrected chi connectivity index (χ2v) is 7.50. The zero-order chi connectivity index (χ0) is 14.2. The SMILES string of the molecule is CN(CC1CCCN1)C1C2CCC1Cc1ccccc1C2. The molecule has 21 heavy (non-hydrogen) atoms. The molecule has 1 saturated heterocycles. The van der Waals surface area contributed by atoms with Gasteiger partial charge in [0.25, 0.3) is 0 Å². The standard InChI is InChI=1S/C19H28N2/c1-21(13-18-7-4-10-20-18)19-16-8-9-17(19)12-15-6-3-2-5-14(15)11-16/h2-3,5-6,16-20H,4,7-13H2,1H3. The maximum Gasteiger partial charge on any atom is 0.0195 e. The summed E-state index contributed by atoms with van der Waals surface area (Å²) in [5, 5.41) is 3.67. The van der Waals surface area contributed by atoms with Crippen LogP contribution in [0.2, 0.25) is 0 Å². The lowest BCUT2D eigenvalue weighted by Crippen LogP contribution is -2.45. The fraction of sp³-hybridized carbons (Fsp3) is 0.684. The van der Waals surface area contributed by atoms with Crippen LogP contribution in [0.3, 0.4) is 0 Å². The van der Waals surface area contributed by atoms with Gasteiger partial charge < -0.3 is 10.2 Å². The average molecular weight is 284 g/mol. The Bertz CT molecular complexity index is 459. The van der Waals surface area contributed by atoms with E-state index in [-0.39, 0.29) is 0 Å². The van der Waals surface area contributed by atoms with Gasteiger partial charge in [-0.3, -0.25) is 0 Å². The molecule has 1 aromatic carbocycles. The summed E-state index contributed by atoms with van der Waals surface area (Å²) < 4.78 is 0. The smallest absolute Gasteiger partial charge is 0.0195 e. The molecule has 2 fully saturated rings. The van der Waals surface area contributed by atoms with Crippen LogP contribution in [0, 0.1) is 11.8 Å². The Kier molecular flexibility index (Phi) is 3.76. The zero-order valence-electron chi connectivity index (χ0n) is 13.2. The summed E-state index contributed by atoms with van der Waals surface area (Å²) in [6.07, 6.45) is 8.21. The summed E-state index contributed by atoms with van der Waals surface area (Å²) in [5.41, 5.74) is 3.25. The summed E-state index contributed by atoms with van der Waals surface area (Å²) in [6.45, 7) is 2.47. The normalized spacial score (nSPS) is 35.0. The van der Waals surface area contributed by atoms with E-state index in [0.717, 1.165) is 23.9 Å². The molecule has 3 atom stereocenters. The van der Waals surface area contributed by atoms with E-state index >= 15 is 0 Å². The Morgan fingerprint density at radius 1 is 1.05 bits per heavy atom. The molecule has 0 radical (unpaired) electrons. The molecular weight excluding hydrogens is 256 g/mol. The van der Waals surface area contributed by atoms with Gasteiger partial charge in [-0.1, -0.05) is 24.3 Å². The van der Waals surface area contributed by atoms with Gasteiger partial charge in [0.1, 0.15) is 0 Å². The molecule has 1 aromatic rings. The van der Waals surface area contributed by atoms with Gasteiger partial charge >= 0.3 is 0 Å². The van der Waals surface area contributed by atoms with Gasteiger partial charge in [0, 0.05) is 18.6 Å². The number of nitrogens with one attached hydrogen (secondary N) is 1. The predicted molar refractivity (Wildman–Crippen MR) is 87.5 cm³/mol. The van der Waals surface area contributed by atoms with Crippen molar-refractivity contribution in [2.75, 3.05) is 20.1 Å². The van der Waals surface area contributed by atoms with Gasteiger partial charge in [0.05, 0.1) is 0 Å². The highest BCUT2D eigenvalue weighted by atomic mass is 15.2. The highest BCUT2D eigenvalue weighted by Gasteiger charge is 2.41. The van der Waals surface area contributed by atoms with E-state index in [0.29, 0.717) is 0 Å². The topological polar surface area (TPSA) is 15.3 Å². The van der Waals surface area contributed by atoms with Gasteiger partial charge in [-0.05, 0) is 75.1 Å². The van der Waals surface area contributed by atoms with Crippen LogP contribution in [-0.4, -0.2) is 37.1 Å². The molecule has 1 saturated carbocycles. The molecule has 0 aromatic heterocycles. The van der Waals surface area contributed by atoms with Crippen LogP contribution >= 0.6 is 0 Å². The molecule has 1 heterocycles. The lowest BCUT2D eigenvalue weighted by atomic mass is 9.93. The van der Waals surface area contributed by atoms with Gasteiger partial charge in [-0.25, -0.2) is 0 Å². The van der Waals surface area contributed by atoms with E-state index < -0.39 is 0 Å². The number of likely N-dealkylation sites (N-methyl/N-ethyl adjacent to an activating group) is 1. The van der Waals surface area contributed by atoms with Crippen LogP contribution < -0.4 is 5.32 Å². The molecule has 2 bridgehead atoms. The fourth-order valence-electron chi connectivity index (χ4n) is 5.22. The molecule has 0 amide bonds. The summed E-state index contributed by atoms with van der Waals surface area (Å²) in [5.74, 6) is 1.76. The van der Waals surface area contributed by atoms with Crippen LogP contribution in [-0.2, 0) is 12.8 Å². The molecule has 2 nitrogen and oxygen atoms in total. The molecule has 0 spiro atoms. The first kappa shape index (κ1) is 13.8. The maximum absolute atomic E-state index is 3.67. The minimum Gasteiger partial charge on any atom is -0.313 e. The van der Waals surface area contributed by atoms with E-state index in [9.17, 15) is 0 Å². The molecule has 3 aliphatic rings. The lowest BCUT2D eigenvalue weighted by Gasteiger charge is -2.34. The van der Waals surface area contributed by atoms with Crippen molar-refractivity contribution in [2.45, 2.75) is 50.6 Å². The van der Waals surface area contributed by atoms with Crippen LogP contribution in [0.25, 0.3) is 0 Å². The van der Waals surface area contributed by atoms with E-state index in [1.807, 2.05) is 0 Å². The number of nitrogens with zero attached hydrogens (tertiary/aromatic N) is 1. The minimum atomic E-state index is 0.736. The maximum atomic E-state index is 3.67. The van der Waals surface area contributed by atoms with Gasteiger partial charge in [-0.15, -0.1) is 0 Å². The second kappa shape index (κ2) is 5.73. The van der Waals surface area contributed by atoms with Gasteiger partial charge in [-0.2, -0.15) is 0 Å². The third-order valence-corrected chi connectivity index (χ3v) is 6.14. The van der Waals surface area contributed by atoms with Crippen molar-refractivity contribution in [3.63, 3.8) is 0 Å². The lowest BCUT2D eigenvalue weighted by molar-refractivity contribution is 0.149. The average Bonchev–Trinajstić information content (AvgIpc) is 3.06. The molecule has 1 aliphatic heterocycles. The van der Waals surface area contributed by atoms with E-state index in [1.165, 1.54) is 51.6 Å². The first-order valence-corrected chi connectivity index (χ1v) is 8.81. The number of fused-ring (bicyclic) bond motifs is 3. The Hall–Kier alpha value is -0.860. The molecule has 2 aliphatic carbocycles. The highest BCUT2D eigenvalue weighted by molar-refractivity contribution is 5.30. The van der Waals surface area contributed by atoms with Crippen molar-refractivity contribution in [1.82, 2.24) is 10.2 Å². The number of benzene rings is 1. The number of hydrogen-bond donors (Lipinski definition) is 1. The highest BCUT2D eigenvalue weighted by Crippen LogP contribution is 2.42. The van der Waals surface area contributed by atoms with Gasteiger partial charge in [0.2, 0.25) is 0 Å². The fourth-order valence-corrected chi connectivity index (χ4v) is 5.22. The zero-order valence-corrected chi connectivity index (χ0v) is 13.2. The Balaban J connectivity index is 1.51. The van der Waals surface area contributed by atoms with E-state index in [1.54, 1.807) is 11.1 Å². The molecule has 4 rings (SSSR count). The first-order chi connectivity index (χ1) is 10.3. The summed E-state index contributed by atoms with van der Waals surface area (Å²) >= 11 is 0. The molecule has 114 valence electrons. The van der Waals surface area contributed by atoms with Crippen LogP contribution in [0.15, 0.2) is 24.3 Å². The van der Waals surface area contributed by atoms with Crippen molar-refractivity contribution in [3.05, 3.63) is 35.4 Å². The second-order valence-electron chi connectivity index (χ2n) is 7.50. The molecule has 2 heteroatoms. The van der Waals surface area contributed by atoms with Crippen molar-refractivity contribution in [1.29, 1.82) is 0 Å². The van der Waals surface area contributed by atoms with Crippen LogP contribution in [0.5, 0.6) is 0 Å². The van der Waals surface area contributed by atoms with Crippen LogP contribution in [0.1, 0.15) is 36.8 Å². The van der Waals surface area contributed by atoms with Crippen molar-refractivity contribution in [3.8, 4) is 0 Å². The quantitative estimate of drug-likeness (QED) is 0.918. The Morgan fingerprint density at radius 2 is 1.71 bits per heavy atom. The molecular formula is C19H28N2. The van der Waals surface area contributed by atoms with Crippen molar-refractivity contribution < 1.29 is 0 Å². The summed E-state index contributed by atoms with van der Waals surface area (Å²) in [7, 11) is 2.38. The summed E-state index contributed by atoms with van der Waals surface area (Å²) in [6, 6.07) is 10.7. The van der Waals surface area contributed by atoms with E-state index in [4.69, 9.17) is 0 Å². The van der Waals surface area contributed by atoms with E-state index in [2.05, 4.69) is 41.5 Å². The Labute approximate surface area is 128 Å². The number of hydrogen-bond acceptors (Lipinski definition) is 2. The van der Waals surface area contributed by atoms with Crippen molar-refractivity contribution >= 4 is 0 Å². The minimum absolute atomic E-state index is 0.736. The predicted octanol–water partition coefficient (Wildman–Crippen LogP) is 2.86. The Morgan fingerprint density at radius 3 is 2.29 bits per heavy atom. The number of rotatable bonds is 3. The largest absolute Gasteiger partial charge is 0.313 e. The van der Waals surface area contributed by atoms with Crippen LogP contribution in [0.4, 0.5) is 0 Å².